The second kappa shape index (κ2) is 7.97. The zero-order valence-electron chi connectivity index (χ0n) is 14.0. The Kier molecular flexibility index (Phi) is 5.49. The van der Waals surface area contributed by atoms with Crippen LogP contribution in [0.25, 0.3) is 17.5 Å². The van der Waals surface area contributed by atoms with Crippen LogP contribution in [0.5, 0.6) is 0 Å². The molecule has 4 heteroatoms. The lowest BCUT2D eigenvalue weighted by Crippen LogP contribution is -1.99. The summed E-state index contributed by atoms with van der Waals surface area (Å²) in [6, 6.07) is 18.8. The first-order chi connectivity index (χ1) is 11.8. The first kappa shape index (κ1) is 16.5. The van der Waals surface area contributed by atoms with Gasteiger partial charge in [0.1, 0.15) is 0 Å². The molecule has 0 saturated carbocycles. The highest BCUT2D eigenvalue weighted by molar-refractivity contribution is 7.99. The van der Waals surface area contributed by atoms with E-state index in [1.165, 1.54) is 11.1 Å². The SMILES string of the molecule is CCn1c(SC/C=C/c2ccccc2)nnc1-c1ccc(C)cc1. The Labute approximate surface area is 147 Å². The Balaban J connectivity index is 1.70. The maximum Gasteiger partial charge on any atom is 0.191 e. The molecule has 0 aliphatic carbocycles. The van der Waals surface area contributed by atoms with E-state index >= 15 is 0 Å². The van der Waals surface area contributed by atoms with E-state index in [-0.39, 0.29) is 0 Å². The van der Waals surface area contributed by atoms with Gasteiger partial charge < -0.3 is 4.57 Å². The number of nitrogens with zero attached hydrogens (tertiary/aromatic N) is 3. The van der Waals surface area contributed by atoms with E-state index < -0.39 is 0 Å². The number of thioether (sulfide) groups is 1. The molecule has 0 N–H and O–H groups in total. The summed E-state index contributed by atoms with van der Waals surface area (Å²) in [4.78, 5) is 0. The summed E-state index contributed by atoms with van der Waals surface area (Å²) in [6.07, 6.45) is 4.31. The highest BCUT2D eigenvalue weighted by Crippen LogP contribution is 2.24. The molecule has 24 heavy (non-hydrogen) atoms. The fourth-order valence-electron chi connectivity index (χ4n) is 2.47. The van der Waals surface area contributed by atoms with Crippen molar-refractivity contribution in [1.82, 2.24) is 14.8 Å². The minimum absolute atomic E-state index is 0.862. The average molecular weight is 335 g/mol. The van der Waals surface area contributed by atoms with E-state index in [0.717, 1.165) is 28.8 Å². The number of hydrogen-bond donors (Lipinski definition) is 0. The smallest absolute Gasteiger partial charge is 0.191 e. The van der Waals surface area contributed by atoms with E-state index in [0.29, 0.717) is 0 Å². The van der Waals surface area contributed by atoms with Gasteiger partial charge in [0.05, 0.1) is 0 Å². The molecule has 0 amide bonds. The van der Waals surface area contributed by atoms with Gasteiger partial charge in [-0.3, -0.25) is 0 Å². The second-order valence-corrected chi connectivity index (χ2v) is 6.53. The fourth-order valence-corrected chi connectivity index (χ4v) is 3.28. The molecule has 2 aromatic carbocycles. The van der Waals surface area contributed by atoms with Crippen molar-refractivity contribution >= 4 is 17.8 Å². The van der Waals surface area contributed by atoms with Gasteiger partial charge in [0.15, 0.2) is 11.0 Å². The summed E-state index contributed by atoms with van der Waals surface area (Å²) in [5, 5.41) is 9.73. The maximum absolute atomic E-state index is 4.39. The molecule has 0 fully saturated rings. The van der Waals surface area contributed by atoms with Crippen LogP contribution in [-0.4, -0.2) is 20.5 Å². The standard InChI is InChI=1S/C20H21N3S/c1-3-23-19(18-13-11-16(2)12-14-18)21-22-20(23)24-15-7-10-17-8-5-4-6-9-17/h4-14H,3,15H2,1-2H3/b10-7+. The first-order valence-electron chi connectivity index (χ1n) is 8.12. The minimum Gasteiger partial charge on any atom is -0.302 e. The summed E-state index contributed by atoms with van der Waals surface area (Å²) in [5.74, 6) is 1.81. The van der Waals surface area contributed by atoms with E-state index in [4.69, 9.17) is 0 Å². The van der Waals surface area contributed by atoms with Crippen LogP contribution in [0.15, 0.2) is 65.8 Å². The van der Waals surface area contributed by atoms with Gasteiger partial charge in [0, 0.05) is 17.9 Å². The summed E-state index contributed by atoms with van der Waals surface area (Å²) in [6.45, 7) is 5.08. The van der Waals surface area contributed by atoms with Crippen LogP contribution in [0.3, 0.4) is 0 Å². The molecule has 0 unspecified atom stereocenters. The van der Waals surface area contributed by atoms with Gasteiger partial charge in [-0.15, -0.1) is 10.2 Å². The lowest BCUT2D eigenvalue weighted by atomic mass is 10.1. The third-order valence-electron chi connectivity index (χ3n) is 3.76. The van der Waals surface area contributed by atoms with Gasteiger partial charge in [-0.1, -0.05) is 84.1 Å². The zero-order valence-corrected chi connectivity index (χ0v) is 14.8. The third-order valence-corrected chi connectivity index (χ3v) is 4.68. The fraction of sp³-hybridized carbons (Fsp3) is 0.200. The monoisotopic (exact) mass is 335 g/mol. The minimum atomic E-state index is 0.862. The van der Waals surface area contributed by atoms with E-state index in [9.17, 15) is 0 Å². The van der Waals surface area contributed by atoms with Gasteiger partial charge >= 0.3 is 0 Å². The largest absolute Gasteiger partial charge is 0.302 e. The molecule has 122 valence electrons. The van der Waals surface area contributed by atoms with Gasteiger partial charge in [-0.25, -0.2) is 0 Å². The van der Waals surface area contributed by atoms with Crippen molar-refractivity contribution in [2.45, 2.75) is 25.5 Å². The molecule has 3 nitrogen and oxygen atoms in total. The zero-order chi connectivity index (χ0) is 16.8. The predicted molar refractivity (Wildman–Crippen MR) is 102 cm³/mol. The molecule has 0 spiro atoms. The van der Waals surface area contributed by atoms with Gasteiger partial charge in [0.2, 0.25) is 0 Å². The third kappa shape index (κ3) is 3.95. The van der Waals surface area contributed by atoms with Gasteiger partial charge in [0.25, 0.3) is 0 Å². The number of aryl methyl sites for hydroxylation is 1. The molecule has 0 saturated heterocycles. The molecule has 3 rings (SSSR count). The van der Waals surface area contributed by atoms with Crippen LogP contribution >= 0.6 is 11.8 Å². The van der Waals surface area contributed by atoms with Crippen molar-refractivity contribution in [1.29, 1.82) is 0 Å². The number of rotatable bonds is 6. The molecule has 0 aliphatic rings. The number of hydrogen-bond acceptors (Lipinski definition) is 3. The normalized spacial score (nSPS) is 11.2. The summed E-state index contributed by atoms with van der Waals surface area (Å²) >= 11 is 1.71. The highest BCUT2D eigenvalue weighted by Gasteiger charge is 2.12. The van der Waals surface area contributed by atoms with Crippen LogP contribution in [0, 0.1) is 6.92 Å². The maximum atomic E-state index is 4.39. The molecule has 0 atom stereocenters. The number of benzene rings is 2. The molecular weight excluding hydrogens is 314 g/mol. The van der Waals surface area contributed by atoms with Crippen LogP contribution in [0.2, 0.25) is 0 Å². The van der Waals surface area contributed by atoms with E-state index in [1.54, 1.807) is 11.8 Å². The quantitative estimate of drug-likeness (QED) is 0.589. The van der Waals surface area contributed by atoms with E-state index in [1.807, 2.05) is 18.2 Å². The first-order valence-corrected chi connectivity index (χ1v) is 9.11. The molecule has 0 radical (unpaired) electrons. The Morgan fingerprint density at radius 1 is 1.00 bits per heavy atom. The topological polar surface area (TPSA) is 30.7 Å². The van der Waals surface area contributed by atoms with Crippen molar-refractivity contribution in [3.05, 3.63) is 71.8 Å². The van der Waals surface area contributed by atoms with Gasteiger partial charge in [-0.2, -0.15) is 0 Å². The molecule has 3 aromatic rings. The van der Waals surface area contributed by atoms with Crippen molar-refractivity contribution in [2.75, 3.05) is 5.75 Å². The lowest BCUT2D eigenvalue weighted by Gasteiger charge is -2.06. The van der Waals surface area contributed by atoms with E-state index in [2.05, 4.69) is 77.2 Å². The van der Waals surface area contributed by atoms with Crippen LogP contribution in [-0.2, 0) is 6.54 Å². The molecule has 1 aromatic heterocycles. The van der Waals surface area contributed by atoms with Crippen LogP contribution in [0.4, 0.5) is 0 Å². The summed E-state index contributed by atoms with van der Waals surface area (Å²) in [7, 11) is 0. The van der Waals surface area contributed by atoms with Crippen molar-refractivity contribution in [3.63, 3.8) is 0 Å². The second-order valence-electron chi connectivity index (χ2n) is 5.54. The van der Waals surface area contributed by atoms with Crippen LogP contribution < -0.4 is 0 Å². The Bertz CT molecular complexity index is 805. The highest BCUT2D eigenvalue weighted by atomic mass is 32.2. The average Bonchev–Trinajstić information content (AvgIpc) is 3.03. The molecular formula is C20H21N3S. The van der Waals surface area contributed by atoms with Crippen molar-refractivity contribution in [2.24, 2.45) is 0 Å². The summed E-state index contributed by atoms with van der Waals surface area (Å²) < 4.78 is 2.17. The number of aromatic nitrogens is 3. The Morgan fingerprint density at radius 3 is 2.46 bits per heavy atom. The Morgan fingerprint density at radius 2 is 1.75 bits per heavy atom. The predicted octanol–water partition coefficient (Wildman–Crippen LogP) is 5.08. The Hall–Kier alpha value is -2.33. The van der Waals surface area contributed by atoms with Gasteiger partial charge in [-0.05, 0) is 19.4 Å². The molecule has 0 aliphatic heterocycles. The van der Waals surface area contributed by atoms with Crippen molar-refractivity contribution < 1.29 is 0 Å². The molecule has 1 heterocycles. The molecule has 0 bridgehead atoms. The lowest BCUT2D eigenvalue weighted by molar-refractivity contribution is 0.688. The summed E-state index contributed by atoms with van der Waals surface area (Å²) in [5.41, 5.74) is 3.58. The van der Waals surface area contributed by atoms with Crippen molar-refractivity contribution in [3.8, 4) is 11.4 Å². The van der Waals surface area contributed by atoms with Crippen LogP contribution in [0.1, 0.15) is 18.1 Å².